The number of aliphatic hydroxyl groups is 8. The molecule has 0 aromatic heterocycles. The number of carbonyl (C=O) groups is 11. The van der Waals surface area contributed by atoms with Crippen LogP contribution in [-0.2, 0) is 65.4 Å². The van der Waals surface area contributed by atoms with Crippen molar-refractivity contribution >= 4 is 76.0 Å². The van der Waals surface area contributed by atoms with E-state index >= 15 is 0 Å². The number of methoxy groups -OCH3 is 2. The molecule has 8 aliphatic rings. The number of aromatic hydroxyl groups is 4. The van der Waals surface area contributed by atoms with E-state index in [0.29, 0.717) is 0 Å². The zero-order valence-electron chi connectivity index (χ0n) is 59.8. The number of Topliss-reactive ketones (excluding diaryl/α,β-unsaturated/α-hetero) is 2. The molecule has 4 aliphatic heterocycles. The van der Waals surface area contributed by atoms with Crippen molar-refractivity contribution in [2.24, 2.45) is 5.73 Å². The third-order valence-corrected chi connectivity index (χ3v) is 22.1. The lowest BCUT2D eigenvalue weighted by Gasteiger charge is -2.43. The molecule has 4 aromatic carbocycles. The fourth-order valence-electron chi connectivity index (χ4n) is 15.0. The largest absolute Gasteiger partial charge is 0.507 e. The van der Waals surface area contributed by atoms with Crippen LogP contribution in [0.15, 0.2) is 60.7 Å². The van der Waals surface area contributed by atoms with Crippen molar-refractivity contribution in [1.82, 2.24) is 25.8 Å². The second-order valence-corrected chi connectivity index (χ2v) is 29.0. The van der Waals surface area contributed by atoms with Crippen molar-refractivity contribution in [3.05, 3.63) is 127 Å². The van der Waals surface area contributed by atoms with E-state index in [0.717, 1.165) is 33.7 Å². The Labute approximate surface area is 630 Å². The minimum atomic E-state index is -2.38. The van der Waals surface area contributed by atoms with E-state index in [1.807, 2.05) is 0 Å². The average molecular weight is 1550 g/mol. The standard InChI is InChI=1S/C41H50N4O16S.C33H34N2O13/c1-18-35(52)22(44-17-45-29(51)12-26(40(45)57)62-10-8-28(50)43-9-4-6-23(48)21(42)15-46)11-30(60-18)61-25-14-41(58,27(49)16-47)13-20-32(25)39(56)34-33(37(20)54)36(53)19-5-3-7-24(59-2)31(19)38(34)55;1-14-28(40)17(34-8-9-35-21(38)6-7-22(35)39)10-23(47-14)48-19-12-33(45,20(37)13-36)11-16-25(19)32(44)27-26(30(16)42)29(41)15-4-3-5-18(46-2)24(15)31(27)43/h3-7,18,21-23,25-26,30,35,44,46-48,52,54,56,58H,8-17,42H2,1-2H3,(H,43,50);3-7,14,17,19,23,28,34,36,40,42,44-45H,8-13H2,1-2H3/b6-4+;/t18?,21-,22?,23+,25-,26?,30?,35?,41-;14?,17?,19-,23?,28?,33-/m00/s1. The van der Waals surface area contributed by atoms with E-state index in [2.05, 4.69) is 16.0 Å². The number of phenols is 4. The monoisotopic (exact) mass is 1550 g/mol. The van der Waals surface area contributed by atoms with Gasteiger partial charge >= 0.3 is 0 Å². The van der Waals surface area contributed by atoms with Crippen LogP contribution >= 0.6 is 11.8 Å². The Morgan fingerprint density at radius 2 is 1.13 bits per heavy atom. The smallest absolute Gasteiger partial charge is 0.253 e. The minimum absolute atomic E-state index is 0.0243. The predicted molar refractivity (Wildman–Crippen MR) is 378 cm³/mol. The number of rotatable bonds is 26. The molecule has 0 spiro atoms. The van der Waals surface area contributed by atoms with Crippen LogP contribution in [0.1, 0.15) is 151 Å². The molecule has 4 aliphatic carbocycles. The maximum absolute atomic E-state index is 14.0. The summed E-state index contributed by atoms with van der Waals surface area (Å²) >= 11 is 1.13. The topological polar surface area (TPSA) is 554 Å². The van der Waals surface area contributed by atoms with E-state index in [1.54, 1.807) is 6.92 Å². The highest BCUT2D eigenvalue weighted by Crippen LogP contribution is 2.55. The number of ether oxygens (including phenoxy) is 6. The molecular weight excluding hydrogens is 1470 g/mol. The molecule has 0 radical (unpaired) electrons. The van der Waals surface area contributed by atoms with Gasteiger partial charge in [-0.05, 0) is 26.0 Å². The summed E-state index contributed by atoms with van der Waals surface area (Å²) in [6, 6.07) is 6.16. The fraction of sp³-hybridized carbons (Fsp3) is 0.473. The summed E-state index contributed by atoms with van der Waals surface area (Å²) in [6.07, 6.45) is -7.99. The van der Waals surface area contributed by atoms with Gasteiger partial charge in [0.05, 0.1) is 115 Å². The van der Waals surface area contributed by atoms with E-state index in [1.165, 1.54) is 69.7 Å². The first-order chi connectivity index (χ1) is 52.3. The Kier molecular flexibility index (Phi) is 24.7. The molecule has 35 nitrogen and oxygen atoms in total. The highest BCUT2D eigenvalue weighted by molar-refractivity contribution is 8.00. The lowest BCUT2D eigenvalue weighted by molar-refractivity contribution is -0.250. The number of amides is 5. The van der Waals surface area contributed by atoms with Gasteiger partial charge < -0.3 is 106 Å². The Morgan fingerprint density at radius 3 is 1.58 bits per heavy atom. The molecule has 3 saturated heterocycles. The normalized spacial score (nSPS) is 27.3. The van der Waals surface area contributed by atoms with E-state index in [4.69, 9.17) is 39.3 Å². The number of ketones is 6. The van der Waals surface area contributed by atoms with Crippen molar-refractivity contribution < 1.29 is 142 Å². The van der Waals surface area contributed by atoms with E-state index in [-0.39, 0.29) is 120 Å². The molecule has 17 N–H and O–H groups in total. The van der Waals surface area contributed by atoms with Crippen molar-refractivity contribution in [1.29, 1.82) is 0 Å². The number of thioether (sulfide) groups is 1. The molecule has 110 heavy (non-hydrogen) atoms. The fourth-order valence-corrected chi connectivity index (χ4v) is 16.1. The summed E-state index contributed by atoms with van der Waals surface area (Å²) in [5.41, 5.74) is -2.63. The van der Waals surface area contributed by atoms with Gasteiger partial charge in [0, 0.05) is 134 Å². The van der Waals surface area contributed by atoms with Gasteiger partial charge in [-0.2, -0.15) is 0 Å². The highest BCUT2D eigenvalue weighted by Gasteiger charge is 2.54. The molecule has 5 amide bonds. The summed E-state index contributed by atoms with van der Waals surface area (Å²) in [5, 5.41) is 138. The van der Waals surface area contributed by atoms with Crippen LogP contribution in [0.4, 0.5) is 0 Å². The molecule has 12 rings (SSSR count). The predicted octanol–water partition coefficient (Wildman–Crippen LogP) is -2.25. The average Bonchev–Trinajstić information content (AvgIpc) is 0.733. The van der Waals surface area contributed by atoms with Crippen molar-refractivity contribution in [3.63, 3.8) is 0 Å². The SMILES string of the molecule is COc1cccc2c1C(=O)c1c(O)c3c(c(O)c1C2=O)C[C@@](O)(C(=O)CO)C[C@@H]3OC1CC(NCCN2C(=O)C=CC2=O)C(O)C(C)O1.COc1cccc2c1C(=O)c1c(O)c3c(c(O)c1C2=O)C[C@@](O)(C(=O)CO)C[C@@H]3OC1CC(NCN2C(=O)CC(SCCC(=O)NC/C=C/[C@@H](O)[C@@H](N)CO)C2=O)C(O)C(C)O1. The summed E-state index contributed by atoms with van der Waals surface area (Å²) in [7, 11) is 2.60. The van der Waals surface area contributed by atoms with Crippen molar-refractivity contribution in [2.45, 2.75) is 155 Å². The van der Waals surface area contributed by atoms with Crippen molar-refractivity contribution in [2.75, 3.05) is 66.1 Å². The Morgan fingerprint density at radius 1 is 0.664 bits per heavy atom. The van der Waals surface area contributed by atoms with Gasteiger partial charge in [0.2, 0.25) is 29.3 Å². The molecular formula is C74H84N6O29S. The Hall–Kier alpha value is -9.32. The molecule has 15 atom stereocenters. The van der Waals surface area contributed by atoms with Gasteiger partial charge in [-0.3, -0.25) is 67.9 Å². The molecule has 9 unspecified atom stereocenters. The number of carbonyl (C=O) groups excluding carboxylic acids is 11. The maximum atomic E-state index is 14.0. The summed E-state index contributed by atoms with van der Waals surface area (Å²) in [6.45, 7) is 0.453. The first-order valence-corrected chi connectivity index (χ1v) is 36.2. The van der Waals surface area contributed by atoms with Crippen LogP contribution in [0.5, 0.6) is 34.5 Å². The van der Waals surface area contributed by atoms with Crippen LogP contribution in [0, 0.1) is 0 Å². The lowest BCUT2D eigenvalue weighted by atomic mass is 9.72. The molecule has 0 bridgehead atoms. The van der Waals surface area contributed by atoms with Crippen LogP contribution in [-0.4, -0.2) is 279 Å². The van der Waals surface area contributed by atoms with Gasteiger partial charge in [0.25, 0.3) is 11.8 Å². The van der Waals surface area contributed by atoms with Gasteiger partial charge in [-0.15, -0.1) is 11.8 Å². The number of phenolic OH excluding ortho intramolecular Hbond substituents is 4. The van der Waals surface area contributed by atoms with Gasteiger partial charge in [0.15, 0.2) is 35.7 Å². The summed E-state index contributed by atoms with van der Waals surface area (Å²) < 4.78 is 34.9. The number of aliphatic hydroxyl groups excluding tert-OH is 6. The van der Waals surface area contributed by atoms with Crippen LogP contribution in [0.3, 0.4) is 0 Å². The zero-order valence-corrected chi connectivity index (χ0v) is 60.6. The number of fused-ring (bicyclic) bond motifs is 6. The Balaban J connectivity index is 0.000000225. The zero-order chi connectivity index (χ0) is 79.9. The summed E-state index contributed by atoms with van der Waals surface area (Å²) in [5.74, 6) is -10.2. The first kappa shape index (κ1) is 81.7. The second-order valence-electron chi connectivity index (χ2n) is 27.7. The van der Waals surface area contributed by atoms with Gasteiger partial charge in [-0.1, -0.05) is 36.4 Å². The maximum Gasteiger partial charge on any atom is 0.253 e. The van der Waals surface area contributed by atoms with Crippen molar-refractivity contribution in [3.8, 4) is 34.5 Å². The quantitative estimate of drug-likeness (QED) is 0.0155. The van der Waals surface area contributed by atoms with Crippen LogP contribution < -0.4 is 31.2 Å². The highest BCUT2D eigenvalue weighted by atomic mass is 32.2. The number of imide groups is 2. The van der Waals surface area contributed by atoms with E-state index in [9.17, 15) is 109 Å². The number of nitrogens with one attached hydrogen (secondary N) is 3. The van der Waals surface area contributed by atoms with E-state index < -0.39 is 239 Å². The molecule has 36 heteroatoms. The minimum Gasteiger partial charge on any atom is -0.507 e. The van der Waals surface area contributed by atoms with Gasteiger partial charge in [0.1, 0.15) is 58.9 Å². The lowest BCUT2D eigenvalue weighted by Crippen LogP contribution is -2.56. The molecule has 3 fully saturated rings. The molecule has 590 valence electrons. The molecule has 0 saturated carbocycles. The molecule has 4 heterocycles. The Bertz CT molecular complexity index is 4450. The number of nitrogens with zero attached hydrogens (tertiary/aromatic N) is 2. The third-order valence-electron chi connectivity index (χ3n) is 20.9. The number of hydrogen-bond acceptors (Lipinski definition) is 33. The number of hydrogen-bond donors (Lipinski definition) is 16. The number of nitrogens with two attached hydrogens (primary N) is 1. The second kappa shape index (κ2) is 33.3. The number of likely N-dealkylation sites (tertiary alicyclic amines) is 1. The molecule has 4 aromatic rings. The number of benzene rings is 4. The van der Waals surface area contributed by atoms with Gasteiger partial charge in [-0.25, -0.2) is 0 Å². The third kappa shape index (κ3) is 15.6. The summed E-state index contributed by atoms with van der Waals surface area (Å²) in [4.78, 5) is 145. The van der Waals surface area contributed by atoms with Crippen LogP contribution in [0.2, 0.25) is 0 Å². The van der Waals surface area contributed by atoms with Crippen LogP contribution in [0.25, 0.3) is 0 Å². The first-order valence-electron chi connectivity index (χ1n) is 35.2.